The third kappa shape index (κ3) is 14.8. The van der Waals surface area contributed by atoms with E-state index in [1.807, 2.05) is 0 Å². The predicted molar refractivity (Wildman–Crippen MR) is 231 cm³/mol. The molecule has 366 valence electrons. The smallest absolute Gasteiger partial charge is 0.297 e. The van der Waals surface area contributed by atoms with Gasteiger partial charge in [0.2, 0.25) is 5.91 Å². The Kier molecular flexibility index (Phi) is 22.8. The highest BCUT2D eigenvalue weighted by Crippen LogP contribution is 2.34. The Morgan fingerprint density at radius 3 is 1.40 bits per heavy atom. The van der Waals surface area contributed by atoms with E-state index in [0.29, 0.717) is 0 Å². The van der Waals surface area contributed by atoms with Gasteiger partial charge in [-0.15, -0.1) is 0 Å². The van der Waals surface area contributed by atoms with Gasteiger partial charge < -0.3 is 106 Å². The minimum Gasteiger partial charge on any atom is -0.394 e. The Morgan fingerprint density at radius 2 is 0.912 bits per heavy atom. The summed E-state index contributed by atoms with van der Waals surface area (Å²) < 4.78 is 40.4. The molecule has 0 aliphatic carbocycles. The molecule has 0 aromatic carbocycles. The van der Waals surface area contributed by atoms with Crippen LogP contribution in [0.2, 0.25) is 0 Å². The third-order valence-electron chi connectivity index (χ3n) is 10.3. The van der Waals surface area contributed by atoms with Crippen molar-refractivity contribution >= 4 is 24.4 Å². The number of hydrogen-bond donors (Lipinski definition) is 15. The van der Waals surface area contributed by atoms with E-state index in [9.17, 15) is 60.7 Å². The molecule has 0 aromatic heterocycles. The Balaban J connectivity index is 1.48. The summed E-state index contributed by atoms with van der Waals surface area (Å²) in [6.07, 6.45) is -26.8. The highest BCUT2D eigenvalue weighted by Gasteiger charge is 2.55. The minimum absolute atomic E-state index is 0.402. The molecular formula is C44H50N4O19S. The molecule has 4 saturated heterocycles. The van der Waals surface area contributed by atoms with E-state index < -0.39 is 167 Å². The molecule has 16 N–H and O–H groups in total. The van der Waals surface area contributed by atoms with Crippen molar-refractivity contribution in [2.75, 3.05) is 32.2 Å². The fourth-order valence-electron chi connectivity index (χ4n) is 6.91. The molecule has 0 bridgehead atoms. The summed E-state index contributed by atoms with van der Waals surface area (Å²) in [6.45, 7) is -1.81. The lowest BCUT2D eigenvalue weighted by Gasteiger charge is -2.50. The number of nitrogens with one attached hydrogen (secondary N) is 2. The summed E-state index contributed by atoms with van der Waals surface area (Å²) in [4.78, 5) is 25.4. The average molecular weight is 971 g/mol. The standard InChI is InChI=1S/C44H50N4O19S/c1-2-3-4-5-6-7-8-9-10-11-12-13-14-15-16-17-27(53)47-31-36(58)33(55)23(18-49)62-43(31)67-39-25(20-51)63-42(30(46)35(39)57)65-40-26(21-52)64-44(32(37(40)59)48-28(54)22-68)66-38-24(19-50)61-41(60)29(45)34(38)56/h23-26,29-44,49-52,55-60,68H,18-22,45-46H2,1H3,(H,47,53)(H,48,54). The fraction of sp³-hybridized carbons (Fsp3) is 0.591. The van der Waals surface area contributed by atoms with Crippen LogP contribution in [-0.4, -0.2) is 218 Å². The summed E-state index contributed by atoms with van der Waals surface area (Å²) in [7, 11) is 0. The van der Waals surface area contributed by atoms with Crippen LogP contribution in [0.1, 0.15) is 6.92 Å². The van der Waals surface area contributed by atoms with Crippen molar-refractivity contribution in [3.8, 4) is 94.7 Å². The quantitative estimate of drug-likeness (QED) is 0.0602. The van der Waals surface area contributed by atoms with Crippen LogP contribution in [0.4, 0.5) is 0 Å². The summed E-state index contributed by atoms with van der Waals surface area (Å²) in [5.74, 6) is 36.3. The van der Waals surface area contributed by atoms with E-state index >= 15 is 0 Å². The summed E-state index contributed by atoms with van der Waals surface area (Å²) in [5.41, 5.74) is 12.2. The number of aliphatic hydroxyl groups excluding tert-OH is 10. The number of amides is 2. The molecule has 4 heterocycles. The van der Waals surface area contributed by atoms with Gasteiger partial charge in [-0.3, -0.25) is 9.59 Å². The lowest BCUT2D eigenvalue weighted by molar-refractivity contribution is -0.360. The van der Waals surface area contributed by atoms with Gasteiger partial charge in [-0.05, 0) is 89.8 Å². The minimum atomic E-state index is -1.87. The van der Waals surface area contributed by atoms with Crippen LogP contribution in [0.25, 0.3) is 0 Å². The van der Waals surface area contributed by atoms with Gasteiger partial charge in [0.1, 0.15) is 85.3 Å². The second-order valence-corrected chi connectivity index (χ2v) is 15.0. The first kappa shape index (κ1) is 55.6. The lowest BCUT2D eigenvalue weighted by atomic mass is 9.93. The third-order valence-corrected chi connectivity index (χ3v) is 10.6. The van der Waals surface area contributed by atoms with Gasteiger partial charge >= 0.3 is 0 Å². The number of rotatable bonds is 13. The molecule has 20 unspecified atom stereocenters. The highest BCUT2D eigenvalue weighted by molar-refractivity contribution is 7.81. The first-order chi connectivity index (χ1) is 32.6. The van der Waals surface area contributed by atoms with Gasteiger partial charge in [0.05, 0.1) is 44.3 Å². The average Bonchev–Trinajstić information content (AvgIpc) is 3.33. The zero-order chi connectivity index (χ0) is 49.9. The summed E-state index contributed by atoms with van der Waals surface area (Å²) >= 11 is 3.94. The van der Waals surface area contributed by atoms with Gasteiger partial charge in [0.25, 0.3) is 5.91 Å². The maximum Gasteiger partial charge on any atom is 0.297 e. The molecule has 0 aromatic rings. The number of aliphatic hydroxyl groups is 10. The van der Waals surface area contributed by atoms with Gasteiger partial charge in [0, 0.05) is 5.92 Å². The molecule has 0 saturated carbocycles. The zero-order valence-corrected chi connectivity index (χ0v) is 36.7. The Hall–Kier alpha value is -4.99. The summed E-state index contributed by atoms with van der Waals surface area (Å²) in [6, 6.07) is -6.27. The van der Waals surface area contributed by atoms with E-state index in [0.717, 1.165) is 0 Å². The number of ether oxygens (including phenoxy) is 7. The van der Waals surface area contributed by atoms with E-state index in [4.69, 9.17) is 44.6 Å². The number of carbonyl (C=O) groups is 2. The van der Waals surface area contributed by atoms with Crippen LogP contribution in [-0.2, 0) is 42.7 Å². The molecule has 24 heteroatoms. The van der Waals surface area contributed by atoms with Gasteiger partial charge in [-0.25, -0.2) is 0 Å². The van der Waals surface area contributed by atoms with E-state index in [2.05, 4.69) is 118 Å². The van der Waals surface area contributed by atoms with Gasteiger partial charge in [0.15, 0.2) is 25.2 Å². The molecular weight excluding hydrogens is 921 g/mol. The molecule has 23 nitrogen and oxygen atoms in total. The Bertz CT molecular complexity index is 2270. The van der Waals surface area contributed by atoms with Crippen LogP contribution in [0.15, 0.2) is 0 Å². The van der Waals surface area contributed by atoms with Crippen molar-refractivity contribution in [3.05, 3.63) is 0 Å². The Morgan fingerprint density at radius 1 is 0.515 bits per heavy atom. The molecule has 4 fully saturated rings. The van der Waals surface area contributed by atoms with E-state index in [1.54, 1.807) is 6.92 Å². The lowest BCUT2D eigenvalue weighted by Crippen LogP contribution is -2.71. The van der Waals surface area contributed by atoms with E-state index in [1.165, 1.54) is 0 Å². The van der Waals surface area contributed by atoms with Crippen LogP contribution in [0.5, 0.6) is 0 Å². The molecule has 68 heavy (non-hydrogen) atoms. The number of carbonyl (C=O) groups excluding carboxylic acids is 2. The summed E-state index contributed by atoms with van der Waals surface area (Å²) in [5, 5.41) is 111. The van der Waals surface area contributed by atoms with Gasteiger partial charge in [-0.1, -0.05) is 5.92 Å². The Labute approximate surface area is 395 Å². The topological polar surface area (TPSA) is 377 Å². The van der Waals surface area contributed by atoms with Crippen molar-refractivity contribution in [3.63, 3.8) is 0 Å². The molecule has 0 spiro atoms. The maximum absolute atomic E-state index is 12.8. The maximum atomic E-state index is 12.8. The molecule has 4 aliphatic rings. The monoisotopic (exact) mass is 970 g/mol. The SMILES string of the molecule is CC#CC#CC#CC#CC#CC#CC#CC#CC(=O)NC1C(OC2C(CO)OC(OC3C(CO)OC(OC4C(CO)OC(O)C(N)C4O)C(NC(=O)CS)C3O)C(N)C2O)OC(CO)C(O)C1O. The van der Waals surface area contributed by atoms with Crippen molar-refractivity contribution < 1.29 is 93.8 Å². The predicted octanol–water partition coefficient (Wildman–Crippen LogP) is -9.59. The second kappa shape index (κ2) is 27.9. The van der Waals surface area contributed by atoms with Crippen molar-refractivity contribution in [1.82, 2.24) is 10.6 Å². The fourth-order valence-corrected chi connectivity index (χ4v) is 7.01. The van der Waals surface area contributed by atoms with Crippen LogP contribution < -0.4 is 22.1 Å². The van der Waals surface area contributed by atoms with Crippen LogP contribution >= 0.6 is 12.6 Å². The number of nitrogens with two attached hydrogens (primary N) is 2. The molecule has 20 atom stereocenters. The van der Waals surface area contributed by atoms with Crippen LogP contribution in [0, 0.1) is 94.7 Å². The normalized spacial score (nSPS) is 37.0. The second-order valence-electron chi connectivity index (χ2n) is 14.7. The largest absolute Gasteiger partial charge is 0.394 e. The van der Waals surface area contributed by atoms with E-state index in [-0.39, 0.29) is 0 Å². The molecule has 0 radical (unpaired) electrons. The van der Waals surface area contributed by atoms with Crippen molar-refractivity contribution in [2.24, 2.45) is 11.5 Å². The van der Waals surface area contributed by atoms with Gasteiger partial charge in [-0.2, -0.15) is 12.6 Å². The molecule has 4 aliphatic heterocycles. The number of hydrogen-bond acceptors (Lipinski definition) is 22. The van der Waals surface area contributed by atoms with Crippen molar-refractivity contribution in [1.29, 1.82) is 0 Å². The first-order valence-corrected chi connectivity index (χ1v) is 21.0. The highest BCUT2D eigenvalue weighted by atomic mass is 32.1. The number of thiol groups is 1. The molecule has 2 amide bonds. The zero-order valence-electron chi connectivity index (χ0n) is 35.8. The molecule has 4 rings (SSSR count). The van der Waals surface area contributed by atoms with Crippen molar-refractivity contribution in [2.45, 2.75) is 129 Å². The van der Waals surface area contributed by atoms with Crippen LogP contribution in [0.3, 0.4) is 0 Å². The first-order valence-electron chi connectivity index (χ1n) is 20.4.